The lowest BCUT2D eigenvalue weighted by atomic mass is 10.1. The number of amides is 2. The second kappa shape index (κ2) is 8.24. The Morgan fingerprint density at radius 2 is 1.93 bits per heavy atom. The molecule has 27 heavy (non-hydrogen) atoms. The van der Waals surface area contributed by atoms with E-state index in [-0.39, 0.29) is 16.8 Å². The topological polar surface area (TPSA) is 99.9 Å². The van der Waals surface area contributed by atoms with Gasteiger partial charge >= 0.3 is 0 Å². The van der Waals surface area contributed by atoms with Crippen molar-refractivity contribution < 1.29 is 22.4 Å². The van der Waals surface area contributed by atoms with E-state index < -0.39 is 27.5 Å². The quantitative estimate of drug-likeness (QED) is 0.757. The van der Waals surface area contributed by atoms with Crippen LogP contribution < -0.4 is 4.72 Å². The normalized spacial score (nSPS) is 18.0. The first-order valence-corrected chi connectivity index (χ1v) is 11.4. The van der Waals surface area contributed by atoms with Crippen molar-refractivity contribution in [2.75, 3.05) is 24.7 Å². The van der Waals surface area contributed by atoms with Gasteiger partial charge in [-0.25, -0.2) is 13.1 Å². The molecule has 1 atom stereocenters. The van der Waals surface area contributed by atoms with Crippen LogP contribution in [0.5, 0.6) is 0 Å². The molecule has 8 nitrogen and oxygen atoms in total. The summed E-state index contributed by atoms with van der Waals surface area (Å²) in [7, 11) is -3.87. The minimum absolute atomic E-state index is 0.0934. The molecule has 2 heterocycles. The van der Waals surface area contributed by atoms with Crippen LogP contribution in [0, 0.1) is 0 Å². The Hall–Kier alpha value is -1.52. The zero-order valence-corrected chi connectivity index (χ0v) is 17.9. The van der Waals surface area contributed by atoms with Gasteiger partial charge in [0.05, 0.1) is 5.88 Å². The van der Waals surface area contributed by atoms with Crippen molar-refractivity contribution in [3.8, 4) is 0 Å². The molecule has 0 aliphatic carbocycles. The smallest absolute Gasteiger partial charge is 0.291 e. The molecule has 1 aliphatic heterocycles. The van der Waals surface area contributed by atoms with Gasteiger partial charge in [-0.15, -0.1) is 11.8 Å². The fourth-order valence-electron chi connectivity index (χ4n) is 2.77. The van der Waals surface area contributed by atoms with Gasteiger partial charge in [0.1, 0.15) is 6.04 Å². The van der Waals surface area contributed by atoms with E-state index in [1.807, 2.05) is 13.8 Å². The molecule has 1 fully saturated rings. The van der Waals surface area contributed by atoms with Gasteiger partial charge in [0.15, 0.2) is 5.76 Å². The summed E-state index contributed by atoms with van der Waals surface area (Å²) in [6.45, 7) is 10.1. The molecular formula is C17H27N3O5S2. The molecule has 0 bridgehead atoms. The molecular weight excluding hydrogens is 390 g/mol. The van der Waals surface area contributed by atoms with Crippen LogP contribution in [-0.4, -0.2) is 66.3 Å². The zero-order chi connectivity index (χ0) is 20.4. The SMILES string of the molecule is CCN(CC)C(=O)C1CSCN1C(=O)c1ccc(S(=O)(=O)NC(C)(C)C)o1. The zero-order valence-electron chi connectivity index (χ0n) is 16.3. The van der Waals surface area contributed by atoms with E-state index in [2.05, 4.69) is 4.72 Å². The van der Waals surface area contributed by atoms with Crippen LogP contribution >= 0.6 is 11.8 Å². The molecule has 2 amide bonds. The molecule has 0 aromatic carbocycles. The number of sulfonamides is 1. The van der Waals surface area contributed by atoms with Crippen molar-refractivity contribution in [2.24, 2.45) is 0 Å². The summed E-state index contributed by atoms with van der Waals surface area (Å²) in [5, 5.41) is -0.320. The monoisotopic (exact) mass is 417 g/mol. The standard InChI is InChI=1S/C17H27N3O5S2/c1-6-19(7-2)15(21)12-10-26-11-20(12)16(22)13-8-9-14(25-13)27(23,24)18-17(3,4)5/h8-9,12,18H,6-7,10-11H2,1-5H3. The average Bonchev–Trinajstić information content (AvgIpc) is 3.23. The predicted octanol–water partition coefficient (Wildman–Crippen LogP) is 1.74. The van der Waals surface area contributed by atoms with E-state index in [9.17, 15) is 18.0 Å². The van der Waals surface area contributed by atoms with Crippen LogP contribution in [-0.2, 0) is 14.8 Å². The molecule has 2 rings (SSSR count). The van der Waals surface area contributed by atoms with Crippen molar-refractivity contribution in [2.45, 2.75) is 51.3 Å². The lowest BCUT2D eigenvalue weighted by molar-refractivity contribution is -0.134. The number of rotatable bonds is 6. The third kappa shape index (κ3) is 5.05. The number of hydrogen-bond acceptors (Lipinski definition) is 6. The van der Waals surface area contributed by atoms with E-state index in [0.717, 1.165) is 0 Å². The van der Waals surface area contributed by atoms with Crippen LogP contribution in [0.25, 0.3) is 0 Å². The second-order valence-corrected chi connectivity index (χ2v) is 9.89. The van der Waals surface area contributed by atoms with Gasteiger partial charge in [-0.05, 0) is 46.8 Å². The minimum atomic E-state index is -3.87. The molecule has 0 spiro atoms. The Bertz CT molecular complexity index is 794. The Labute approximate surface area is 164 Å². The first-order valence-electron chi connectivity index (χ1n) is 8.81. The van der Waals surface area contributed by atoms with Crippen LogP contribution in [0.3, 0.4) is 0 Å². The lowest BCUT2D eigenvalue weighted by Gasteiger charge is -2.27. The molecule has 1 aromatic heterocycles. The third-order valence-corrected chi connectivity index (χ3v) is 6.64. The summed E-state index contributed by atoms with van der Waals surface area (Å²) >= 11 is 1.49. The van der Waals surface area contributed by atoms with Gasteiger partial charge in [0.25, 0.3) is 15.9 Å². The number of furan rings is 1. The van der Waals surface area contributed by atoms with Gasteiger partial charge < -0.3 is 14.2 Å². The maximum Gasteiger partial charge on any atom is 0.291 e. The van der Waals surface area contributed by atoms with Gasteiger partial charge in [-0.2, -0.15) is 0 Å². The molecule has 152 valence electrons. The Balaban J connectivity index is 2.21. The highest BCUT2D eigenvalue weighted by Crippen LogP contribution is 2.26. The van der Waals surface area contributed by atoms with Crippen molar-refractivity contribution in [3.63, 3.8) is 0 Å². The van der Waals surface area contributed by atoms with Crippen LogP contribution in [0.4, 0.5) is 0 Å². The van der Waals surface area contributed by atoms with Gasteiger partial charge in [0.2, 0.25) is 11.0 Å². The van der Waals surface area contributed by atoms with Gasteiger partial charge in [-0.1, -0.05) is 0 Å². The highest BCUT2D eigenvalue weighted by molar-refractivity contribution is 7.99. The molecule has 10 heteroatoms. The molecule has 0 saturated carbocycles. The van der Waals surface area contributed by atoms with Crippen LogP contribution in [0.15, 0.2) is 21.6 Å². The second-order valence-electron chi connectivity index (χ2n) is 7.28. The lowest BCUT2D eigenvalue weighted by Crippen LogP contribution is -2.48. The van der Waals surface area contributed by atoms with E-state index in [1.54, 1.807) is 25.7 Å². The summed E-state index contributed by atoms with van der Waals surface area (Å²) in [4.78, 5) is 28.6. The maximum atomic E-state index is 12.8. The summed E-state index contributed by atoms with van der Waals surface area (Å²) in [6, 6.07) is 2.02. The van der Waals surface area contributed by atoms with Gasteiger partial charge in [-0.3, -0.25) is 9.59 Å². The number of nitrogens with zero attached hydrogens (tertiary/aromatic N) is 2. The predicted molar refractivity (Wildman–Crippen MR) is 104 cm³/mol. The highest BCUT2D eigenvalue weighted by Gasteiger charge is 2.38. The summed E-state index contributed by atoms with van der Waals surface area (Å²) in [5.74, 6) is 0.192. The first kappa shape index (κ1) is 21.8. The van der Waals surface area contributed by atoms with E-state index in [1.165, 1.54) is 28.8 Å². The van der Waals surface area contributed by atoms with Crippen molar-refractivity contribution in [1.82, 2.24) is 14.5 Å². The Kier molecular flexibility index (Phi) is 6.64. The van der Waals surface area contributed by atoms with E-state index in [4.69, 9.17) is 4.42 Å². The summed E-state index contributed by atoms with van der Waals surface area (Å²) in [6.07, 6.45) is 0. The molecule has 0 radical (unpaired) electrons. The highest BCUT2D eigenvalue weighted by atomic mass is 32.2. The molecule has 1 unspecified atom stereocenters. The number of nitrogens with one attached hydrogen (secondary N) is 1. The molecule has 1 saturated heterocycles. The maximum absolute atomic E-state index is 12.8. The number of carbonyl (C=O) groups excluding carboxylic acids is 2. The number of likely N-dealkylation sites (N-methyl/N-ethyl adjacent to an activating group) is 1. The van der Waals surface area contributed by atoms with Crippen LogP contribution in [0.1, 0.15) is 45.2 Å². The summed E-state index contributed by atoms with van der Waals surface area (Å²) in [5.41, 5.74) is -0.678. The van der Waals surface area contributed by atoms with Crippen molar-refractivity contribution >= 4 is 33.6 Å². The number of carbonyl (C=O) groups is 2. The van der Waals surface area contributed by atoms with Crippen molar-refractivity contribution in [1.29, 1.82) is 0 Å². The number of thioether (sulfide) groups is 1. The Morgan fingerprint density at radius 1 is 1.30 bits per heavy atom. The Morgan fingerprint density at radius 3 is 2.48 bits per heavy atom. The first-order chi connectivity index (χ1) is 12.5. The molecule has 1 aliphatic rings. The van der Waals surface area contributed by atoms with Crippen LogP contribution in [0.2, 0.25) is 0 Å². The fourth-order valence-corrected chi connectivity index (χ4v) is 5.27. The van der Waals surface area contributed by atoms with E-state index >= 15 is 0 Å². The van der Waals surface area contributed by atoms with Gasteiger partial charge in [0, 0.05) is 24.4 Å². The average molecular weight is 418 g/mol. The largest absolute Gasteiger partial charge is 0.438 e. The molecule has 1 N–H and O–H groups in total. The third-order valence-electron chi connectivity index (χ3n) is 4.00. The minimum Gasteiger partial charge on any atom is -0.438 e. The fraction of sp³-hybridized carbons (Fsp3) is 0.647. The number of hydrogen-bond donors (Lipinski definition) is 1. The molecule has 1 aromatic rings. The van der Waals surface area contributed by atoms with E-state index in [0.29, 0.717) is 24.7 Å². The summed E-state index contributed by atoms with van der Waals surface area (Å²) < 4.78 is 32.5. The van der Waals surface area contributed by atoms with Crippen molar-refractivity contribution in [3.05, 3.63) is 17.9 Å².